The molecule has 0 bridgehead atoms. The van der Waals surface area contributed by atoms with E-state index in [1.807, 2.05) is 31.2 Å². The molecule has 0 spiro atoms. The molecule has 1 saturated carbocycles. The van der Waals surface area contributed by atoms with Crippen molar-refractivity contribution in [3.8, 4) is 11.5 Å². The van der Waals surface area contributed by atoms with E-state index in [9.17, 15) is 0 Å². The van der Waals surface area contributed by atoms with Gasteiger partial charge in [0, 0.05) is 19.6 Å². The van der Waals surface area contributed by atoms with Crippen molar-refractivity contribution in [1.29, 1.82) is 0 Å². The molecule has 1 aromatic carbocycles. The van der Waals surface area contributed by atoms with Crippen molar-refractivity contribution in [2.75, 3.05) is 20.3 Å². The van der Waals surface area contributed by atoms with Crippen LogP contribution in [0.5, 0.6) is 11.5 Å². The monoisotopic (exact) mass is 265 g/mol. The predicted octanol–water partition coefficient (Wildman–Crippen LogP) is 2.23. The van der Waals surface area contributed by atoms with Gasteiger partial charge in [-0.15, -0.1) is 0 Å². The second-order valence-electron chi connectivity index (χ2n) is 4.64. The highest BCUT2D eigenvalue weighted by atomic mass is 16.6. The van der Waals surface area contributed by atoms with Crippen LogP contribution in [0.2, 0.25) is 0 Å². The van der Waals surface area contributed by atoms with E-state index in [0.29, 0.717) is 12.6 Å². The van der Waals surface area contributed by atoms with Gasteiger partial charge in [-0.3, -0.25) is 0 Å². The zero-order valence-corrected chi connectivity index (χ0v) is 11.9. The van der Waals surface area contributed by atoms with E-state index in [1.54, 1.807) is 7.11 Å². The Morgan fingerprint density at radius 2 is 1.95 bits per heavy atom. The summed E-state index contributed by atoms with van der Waals surface area (Å²) >= 11 is 0. The topological polar surface area (TPSA) is 39.7 Å². The molecule has 3 unspecified atom stereocenters. The SMILES string of the molecule is CCNC1CC(Oc2ccccc2OCC)C1OC. The van der Waals surface area contributed by atoms with Gasteiger partial charge in [-0.25, -0.2) is 0 Å². The number of hydrogen-bond donors (Lipinski definition) is 1. The summed E-state index contributed by atoms with van der Waals surface area (Å²) in [6.07, 6.45) is 1.16. The van der Waals surface area contributed by atoms with Crippen LogP contribution in [0.25, 0.3) is 0 Å². The largest absolute Gasteiger partial charge is 0.490 e. The van der Waals surface area contributed by atoms with Gasteiger partial charge in [0.05, 0.1) is 6.61 Å². The zero-order valence-electron chi connectivity index (χ0n) is 11.9. The van der Waals surface area contributed by atoms with Crippen molar-refractivity contribution < 1.29 is 14.2 Å². The van der Waals surface area contributed by atoms with Gasteiger partial charge in [0.15, 0.2) is 11.5 Å². The Kier molecular flexibility index (Phi) is 5.05. The number of likely N-dealkylation sites (N-methyl/N-ethyl adjacent to an activating group) is 1. The maximum absolute atomic E-state index is 6.02. The number of ether oxygens (including phenoxy) is 3. The molecule has 1 N–H and O–H groups in total. The number of para-hydroxylation sites is 2. The van der Waals surface area contributed by atoms with Crippen molar-refractivity contribution in [2.45, 2.75) is 38.5 Å². The Morgan fingerprint density at radius 3 is 2.58 bits per heavy atom. The molecule has 19 heavy (non-hydrogen) atoms. The molecule has 3 atom stereocenters. The Hall–Kier alpha value is -1.26. The van der Waals surface area contributed by atoms with Crippen LogP contribution in [-0.4, -0.2) is 38.5 Å². The minimum Gasteiger partial charge on any atom is -0.490 e. The minimum atomic E-state index is 0.0932. The molecule has 0 heterocycles. The average molecular weight is 265 g/mol. The lowest BCUT2D eigenvalue weighted by Crippen LogP contribution is -2.60. The second-order valence-corrected chi connectivity index (χ2v) is 4.64. The molecule has 0 amide bonds. The fraction of sp³-hybridized carbons (Fsp3) is 0.600. The Balaban J connectivity index is 1.98. The van der Waals surface area contributed by atoms with E-state index in [2.05, 4.69) is 12.2 Å². The lowest BCUT2D eigenvalue weighted by Gasteiger charge is -2.43. The van der Waals surface area contributed by atoms with Gasteiger partial charge < -0.3 is 19.5 Å². The van der Waals surface area contributed by atoms with E-state index in [1.165, 1.54) is 0 Å². The first-order valence-electron chi connectivity index (χ1n) is 6.94. The van der Waals surface area contributed by atoms with E-state index in [0.717, 1.165) is 24.5 Å². The Morgan fingerprint density at radius 1 is 1.21 bits per heavy atom. The van der Waals surface area contributed by atoms with Gasteiger partial charge in [-0.2, -0.15) is 0 Å². The number of benzene rings is 1. The van der Waals surface area contributed by atoms with Crippen LogP contribution in [0.15, 0.2) is 24.3 Å². The number of methoxy groups -OCH3 is 1. The number of hydrogen-bond acceptors (Lipinski definition) is 4. The van der Waals surface area contributed by atoms with Gasteiger partial charge in [-0.05, 0) is 25.6 Å². The van der Waals surface area contributed by atoms with Crippen LogP contribution in [0.3, 0.4) is 0 Å². The van der Waals surface area contributed by atoms with Crippen LogP contribution >= 0.6 is 0 Å². The third-order valence-corrected chi connectivity index (χ3v) is 3.42. The van der Waals surface area contributed by atoms with Crippen LogP contribution in [0, 0.1) is 0 Å². The molecular weight excluding hydrogens is 242 g/mol. The molecule has 0 aromatic heterocycles. The number of nitrogens with one attached hydrogen (secondary N) is 1. The Bertz CT molecular complexity index is 397. The summed E-state index contributed by atoms with van der Waals surface area (Å²) in [5.41, 5.74) is 0. The first kappa shape index (κ1) is 14.2. The molecule has 0 aliphatic heterocycles. The van der Waals surface area contributed by atoms with Crippen LogP contribution < -0.4 is 14.8 Å². The summed E-state index contributed by atoms with van der Waals surface area (Å²) in [5, 5.41) is 3.40. The van der Waals surface area contributed by atoms with E-state index in [-0.39, 0.29) is 12.2 Å². The smallest absolute Gasteiger partial charge is 0.161 e. The Labute approximate surface area is 115 Å². The van der Waals surface area contributed by atoms with Crippen LogP contribution in [-0.2, 0) is 4.74 Å². The summed E-state index contributed by atoms with van der Waals surface area (Å²) in [5.74, 6) is 1.60. The summed E-state index contributed by atoms with van der Waals surface area (Å²) < 4.78 is 17.1. The molecule has 4 nitrogen and oxygen atoms in total. The highest BCUT2D eigenvalue weighted by Crippen LogP contribution is 2.33. The minimum absolute atomic E-state index is 0.0932. The first-order chi connectivity index (χ1) is 9.30. The van der Waals surface area contributed by atoms with Crippen molar-refractivity contribution in [3.63, 3.8) is 0 Å². The first-order valence-corrected chi connectivity index (χ1v) is 6.94. The number of rotatable bonds is 7. The fourth-order valence-corrected chi connectivity index (χ4v) is 2.46. The van der Waals surface area contributed by atoms with Crippen LogP contribution in [0.4, 0.5) is 0 Å². The summed E-state index contributed by atoms with van der Waals surface area (Å²) in [6, 6.07) is 8.17. The van der Waals surface area contributed by atoms with Gasteiger partial charge in [0.2, 0.25) is 0 Å². The zero-order chi connectivity index (χ0) is 13.7. The fourth-order valence-electron chi connectivity index (χ4n) is 2.46. The molecular formula is C15H23NO3. The van der Waals surface area contributed by atoms with Gasteiger partial charge in [-0.1, -0.05) is 19.1 Å². The molecule has 1 fully saturated rings. The van der Waals surface area contributed by atoms with Crippen molar-refractivity contribution in [2.24, 2.45) is 0 Å². The lowest BCUT2D eigenvalue weighted by molar-refractivity contribution is -0.0890. The van der Waals surface area contributed by atoms with Crippen molar-refractivity contribution in [3.05, 3.63) is 24.3 Å². The molecule has 106 valence electrons. The molecule has 4 heteroatoms. The van der Waals surface area contributed by atoms with Gasteiger partial charge >= 0.3 is 0 Å². The second kappa shape index (κ2) is 6.78. The molecule has 1 aliphatic rings. The van der Waals surface area contributed by atoms with Crippen molar-refractivity contribution in [1.82, 2.24) is 5.32 Å². The normalized spacial score (nSPS) is 25.7. The molecule has 1 aromatic rings. The molecule has 0 saturated heterocycles. The maximum Gasteiger partial charge on any atom is 0.161 e. The quantitative estimate of drug-likeness (QED) is 0.820. The van der Waals surface area contributed by atoms with E-state index < -0.39 is 0 Å². The highest BCUT2D eigenvalue weighted by molar-refractivity contribution is 5.39. The molecule has 0 radical (unpaired) electrons. The van der Waals surface area contributed by atoms with Gasteiger partial charge in [0.1, 0.15) is 12.2 Å². The molecule has 1 aliphatic carbocycles. The lowest BCUT2D eigenvalue weighted by atomic mass is 9.85. The van der Waals surface area contributed by atoms with E-state index in [4.69, 9.17) is 14.2 Å². The third-order valence-electron chi connectivity index (χ3n) is 3.42. The van der Waals surface area contributed by atoms with Crippen LogP contribution in [0.1, 0.15) is 20.3 Å². The predicted molar refractivity (Wildman–Crippen MR) is 74.9 cm³/mol. The summed E-state index contributed by atoms with van der Waals surface area (Å²) in [4.78, 5) is 0. The van der Waals surface area contributed by atoms with Gasteiger partial charge in [0.25, 0.3) is 0 Å². The molecule has 2 rings (SSSR count). The standard InChI is InChI=1S/C15H23NO3/c1-4-16-11-10-14(15(11)17-3)19-13-9-7-6-8-12(13)18-5-2/h6-9,11,14-16H,4-5,10H2,1-3H3. The van der Waals surface area contributed by atoms with Crippen molar-refractivity contribution >= 4 is 0 Å². The maximum atomic E-state index is 6.02. The summed E-state index contributed by atoms with van der Waals surface area (Å²) in [7, 11) is 1.74. The third kappa shape index (κ3) is 3.19. The summed E-state index contributed by atoms with van der Waals surface area (Å²) in [6.45, 7) is 5.66. The highest BCUT2D eigenvalue weighted by Gasteiger charge is 2.43. The van der Waals surface area contributed by atoms with E-state index >= 15 is 0 Å². The average Bonchev–Trinajstić information content (AvgIpc) is 2.40.